The van der Waals surface area contributed by atoms with E-state index in [0.717, 1.165) is 6.26 Å². The SMILES string of the molecule is CC.CS(=O)(=O)n1c(=O)[nH]c2ccccc2c1=O. The Balaban J connectivity index is 0.000000771. The van der Waals surface area contributed by atoms with Crippen molar-refractivity contribution in [2.24, 2.45) is 0 Å². The molecule has 0 fully saturated rings. The number of benzene rings is 1. The molecule has 0 radical (unpaired) electrons. The lowest BCUT2D eigenvalue weighted by atomic mass is 10.2. The van der Waals surface area contributed by atoms with Crippen molar-refractivity contribution >= 4 is 20.9 Å². The third kappa shape index (κ3) is 2.51. The van der Waals surface area contributed by atoms with Crippen molar-refractivity contribution in [1.29, 1.82) is 0 Å². The van der Waals surface area contributed by atoms with Crippen LogP contribution in [0.15, 0.2) is 33.9 Å². The van der Waals surface area contributed by atoms with Gasteiger partial charge in [0.15, 0.2) is 0 Å². The first-order valence-corrected chi connectivity index (χ1v) is 7.21. The standard InChI is InChI=1S/C9H8N2O4S.C2H6/c1-16(14,15)11-8(12)6-4-2-3-5-7(6)10-9(11)13;1-2/h2-5H,1H3,(H,10,13);1-2H3. The molecule has 1 heterocycles. The Hall–Kier alpha value is -1.89. The smallest absolute Gasteiger partial charge is 0.306 e. The van der Waals surface area contributed by atoms with Crippen LogP contribution in [-0.2, 0) is 10.0 Å². The minimum atomic E-state index is -3.90. The van der Waals surface area contributed by atoms with Crippen molar-refractivity contribution in [3.8, 4) is 0 Å². The van der Waals surface area contributed by atoms with Crippen molar-refractivity contribution in [1.82, 2.24) is 8.96 Å². The number of hydrogen-bond donors (Lipinski definition) is 1. The molecule has 0 bridgehead atoms. The molecule has 1 N–H and O–H groups in total. The van der Waals surface area contributed by atoms with Crippen LogP contribution in [0.3, 0.4) is 0 Å². The van der Waals surface area contributed by atoms with Crippen LogP contribution in [0.4, 0.5) is 0 Å². The first-order valence-electron chi connectivity index (χ1n) is 5.36. The lowest BCUT2D eigenvalue weighted by Crippen LogP contribution is -2.39. The number of H-pyrrole nitrogens is 1. The van der Waals surface area contributed by atoms with E-state index in [1.165, 1.54) is 12.1 Å². The van der Waals surface area contributed by atoms with Crippen LogP contribution in [0.25, 0.3) is 10.9 Å². The van der Waals surface area contributed by atoms with E-state index in [9.17, 15) is 18.0 Å². The van der Waals surface area contributed by atoms with Gasteiger partial charge >= 0.3 is 5.69 Å². The van der Waals surface area contributed by atoms with Crippen LogP contribution < -0.4 is 11.2 Å². The Morgan fingerprint density at radius 3 is 2.22 bits per heavy atom. The maximum atomic E-state index is 11.8. The summed E-state index contributed by atoms with van der Waals surface area (Å²) in [5, 5.41) is 0.160. The molecular weight excluding hydrogens is 256 g/mol. The molecule has 0 aliphatic rings. The average Bonchev–Trinajstić information content (AvgIpc) is 2.30. The van der Waals surface area contributed by atoms with Gasteiger partial charge in [-0.3, -0.25) is 4.79 Å². The number of aromatic nitrogens is 2. The van der Waals surface area contributed by atoms with Gasteiger partial charge in [-0.1, -0.05) is 26.0 Å². The fourth-order valence-corrected chi connectivity index (χ4v) is 2.19. The summed E-state index contributed by atoms with van der Waals surface area (Å²) in [6.07, 6.45) is 0.804. The lowest BCUT2D eigenvalue weighted by Gasteiger charge is -2.02. The van der Waals surface area contributed by atoms with Crippen LogP contribution in [0.5, 0.6) is 0 Å². The second kappa shape index (κ2) is 5.18. The van der Waals surface area contributed by atoms with Crippen molar-refractivity contribution in [2.75, 3.05) is 6.26 Å². The van der Waals surface area contributed by atoms with Gasteiger partial charge in [0.1, 0.15) is 0 Å². The molecule has 0 unspecified atom stereocenters. The highest BCUT2D eigenvalue weighted by atomic mass is 32.2. The molecule has 0 aliphatic heterocycles. The molecule has 1 aromatic carbocycles. The first-order chi connectivity index (χ1) is 8.41. The number of para-hydroxylation sites is 1. The fourth-order valence-electron chi connectivity index (χ4n) is 1.45. The third-order valence-electron chi connectivity index (χ3n) is 2.10. The number of aromatic amines is 1. The molecule has 1 aromatic heterocycles. The Labute approximate surface area is 104 Å². The monoisotopic (exact) mass is 270 g/mol. The van der Waals surface area contributed by atoms with Crippen LogP contribution in [0.2, 0.25) is 0 Å². The Kier molecular flexibility index (Phi) is 4.07. The quantitative estimate of drug-likeness (QED) is 0.818. The van der Waals surface area contributed by atoms with E-state index in [1.807, 2.05) is 13.8 Å². The van der Waals surface area contributed by atoms with Crippen LogP contribution in [-0.4, -0.2) is 23.6 Å². The van der Waals surface area contributed by atoms with E-state index in [-0.39, 0.29) is 9.36 Å². The molecule has 0 saturated carbocycles. The molecule has 2 aromatic rings. The minimum Gasteiger partial charge on any atom is -0.306 e. The second-order valence-electron chi connectivity index (χ2n) is 3.31. The zero-order chi connectivity index (χ0) is 13.9. The van der Waals surface area contributed by atoms with Gasteiger partial charge in [-0.25, -0.2) is 13.2 Å². The van der Waals surface area contributed by atoms with Gasteiger partial charge in [0.25, 0.3) is 5.56 Å². The van der Waals surface area contributed by atoms with Gasteiger partial charge in [-0.2, -0.15) is 3.97 Å². The summed E-state index contributed by atoms with van der Waals surface area (Å²) in [6, 6.07) is 6.22. The Morgan fingerprint density at radius 2 is 1.67 bits per heavy atom. The van der Waals surface area contributed by atoms with Crippen molar-refractivity contribution in [3.63, 3.8) is 0 Å². The molecule has 18 heavy (non-hydrogen) atoms. The topological polar surface area (TPSA) is 89.0 Å². The van der Waals surface area contributed by atoms with E-state index < -0.39 is 21.3 Å². The summed E-state index contributed by atoms with van der Waals surface area (Å²) in [5.74, 6) is 0. The highest BCUT2D eigenvalue weighted by molar-refractivity contribution is 7.89. The number of hydrogen-bond acceptors (Lipinski definition) is 4. The fraction of sp³-hybridized carbons (Fsp3) is 0.273. The molecule has 0 aliphatic carbocycles. The maximum Gasteiger partial charge on any atom is 0.342 e. The van der Waals surface area contributed by atoms with Crippen LogP contribution in [0.1, 0.15) is 13.8 Å². The zero-order valence-corrected chi connectivity index (χ0v) is 11.1. The average molecular weight is 270 g/mol. The van der Waals surface area contributed by atoms with Gasteiger partial charge in [0.05, 0.1) is 17.2 Å². The van der Waals surface area contributed by atoms with E-state index in [2.05, 4.69) is 4.98 Å². The van der Waals surface area contributed by atoms with E-state index in [0.29, 0.717) is 5.52 Å². The normalized spacial score (nSPS) is 10.8. The molecule has 98 valence electrons. The van der Waals surface area contributed by atoms with Gasteiger partial charge in [-0.15, -0.1) is 0 Å². The molecule has 6 nitrogen and oxygen atoms in total. The summed E-state index contributed by atoms with van der Waals surface area (Å²) in [7, 11) is -3.90. The van der Waals surface area contributed by atoms with Gasteiger partial charge in [0.2, 0.25) is 10.0 Å². The molecule has 7 heteroatoms. The predicted octanol–water partition coefficient (Wildman–Crippen LogP) is 0.524. The lowest BCUT2D eigenvalue weighted by molar-refractivity contribution is 0.589. The number of fused-ring (bicyclic) bond motifs is 1. The van der Waals surface area contributed by atoms with Gasteiger partial charge in [0, 0.05) is 0 Å². The molecule has 0 atom stereocenters. The summed E-state index contributed by atoms with van der Waals surface area (Å²) >= 11 is 0. The molecule has 2 rings (SSSR count). The minimum absolute atomic E-state index is 0.160. The highest BCUT2D eigenvalue weighted by Gasteiger charge is 2.14. The molecule has 0 spiro atoms. The van der Waals surface area contributed by atoms with Crippen LogP contribution >= 0.6 is 0 Å². The number of rotatable bonds is 1. The zero-order valence-electron chi connectivity index (χ0n) is 10.3. The van der Waals surface area contributed by atoms with Crippen molar-refractivity contribution in [3.05, 3.63) is 45.1 Å². The molecule has 0 saturated heterocycles. The number of nitrogens with zero attached hydrogens (tertiary/aromatic N) is 1. The largest absolute Gasteiger partial charge is 0.342 e. The van der Waals surface area contributed by atoms with E-state index >= 15 is 0 Å². The summed E-state index contributed by atoms with van der Waals surface area (Å²) in [6.45, 7) is 4.00. The maximum absolute atomic E-state index is 11.8. The Morgan fingerprint density at radius 1 is 1.11 bits per heavy atom. The van der Waals surface area contributed by atoms with Gasteiger partial charge in [-0.05, 0) is 12.1 Å². The second-order valence-corrected chi connectivity index (χ2v) is 5.14. The van der Waals surface area contributed by atoms with E-state index in [4.69, 9.17) is 0 Å². The van der Waals surface area contributed by atoms with E-state index in [1.54, 1.807) is 12.1 Å². The summed E-state index contributed by atoms with van der Waals surface area (Å²) in [5.41, 5.74) is -1.47. The molecule has 0 amide bonds. The summed E-state index contributed by atoms with van der Waals surface area (Å²) in [4.78, 5) is 25.5. The highest BCUT2D eigenvalue weighted by Crippen LogP contribution is 2.03. The van der Waals surface area contributed by atoms with Crippen molar-refractivity contribution in [2.45, 2.75) is 13.8 Å². The molecular formula is C11H14N2O4S. The van der Waals surface area contributed by atoms with Crippen LogP contribution in [0, 0.1) is 0 Å². The first kappa shape index (κ1) is 14.2. The third-order valence-corrected chi connectivity index (χ3v) is 3.09. The van der Waals surface area contributed by atoms with Gasteiger partial charge < -0.3 is 4.98 Å². The predicted molar refractivity (Wildman–Crippen MR) is 70.4 cm³/mol. The van der Waals surface area contributed by atoms with Crippen molar-refractivity contribution < 1.29 is 8.42 Å². The Bertz CT molecular complexity index is 771. The number of nitrogens with one attached hydrogen (secondary N) is 1. The summed E-state index contributed by atoms with van der Waals surface area (Å²) < 4.78 is 22.7.